The molecule has 0 aliphatic heterocycles. The largest absolute Gasteiger partial charge is 0.329 e. The molecule has 2 amide bonds. The molecule has 30 heavy (non-hydrogen) atoms. The number of nitrogens with one attached hydrogen (secondary N) is 2. The van der Waals surface area contributed by atoms with E-state index >= 15 is 0 Å². The minimum Gasteiger partial charge on any atom is -0.292 e. The number of para-hydroxylation sites is 2. The molecule has 4 bridgehead atoms. The molecule has 0 unspecified atom stereocenters. The number of rotatable bonds is 5. The maximum absolute atomic E-state index is 12.7. The van der Waals surface area contributed by atoms with Crippen molar-refractivity contribution in [3.05, 3.63) is 34.7 Å². The molecule has 7 heteroatoms. The van der Waals surface area contributed by atoms with Crippen LogP contribution >= 0.6 is 0 Å². The summed E-state index contributed by atoms with van der Waals surface area (Å²) in [6, 6.07) is 7.44. The maximum atomic E-state index is 12.7. The molecule has 0 saturated heterocycles. The van der Waals surface area contributed by atoms with Crippen LogP contribution in [0.3, 0.4) is 0 Å². The molecule has 1 heterocycles. The van der Waals surface area contributed by atoms with Gasteiger partial charge in [-0.3, -0.25) is 29.6 Å². The van der Waals surface area contributed by atoms with Gasteiger partial charge in [-0.2, -0.15) is 0 Å². The molecule has 4 saturated carbocycles. The number of aromatic nitrogens is 2. The zero-order valence-corrected chi connectivity index (χ0v) is 17.5. The average molecular weight is 411 g/mol. The molecule has 1 aromatic carbocycles. The predicted octanol–water partition coefficient (Wildman–Crippen LogP) is 2.58. The Balaban J connectivity index is 1.21. The lowest BCUT2D eigenvalue weighted by Gasteiger charge is -2.56. The fraction of sp³-hybridized carbons (Fsp3) is 0.609. The summed E-state index contributed by atoms with van der Waals surface area (Å²) in [5.41, 5.74) is 6.58. The molecule has 6 rings (SSSR count). The topological polar surface area (TPSA) is 85.1 Å². The number of aryl methyl sites for hydroxylation is 1. The summed E-state index contributed by atoms with van der Waals surface area (Å²) in [5.74, 6) is 1.87. The van der Waals surface area contributed by atoms with Crippen molar-refractivity contribution in [2.24, 2.45) is 23.2 Å². The number of nitrogens with zero attached hydrogens (tertiary/aromatic N) is 2. The number of hydrazine groups is 1. The monoisotopic (exact) mass is 410 g/mol. The van der Waals surface area contributed by atoms with Gasteiger partial charge >= 0.3 is 5.69 Å². The van der Waals surface area contributed by atoms with Gasteiger partial charge in [-0.25, -0.2) is 4.79 Å². The lowest BCUT2D eigenvalue weighted by Crippen LogP contribution is -2.50. The Bertz CT molecular complexity index is 1020. The summed E-state index contributed by atoms with van der Waals surface area (Å²) in [5, 5.41) is 0. The van der Waals surface area contributed by atoms with Gasteiger partial charge in [0.1, 0.15) is 6.54 Å². The third-order valence-corrected chi connectivity index (χ3v) is 7.59. The number of benzene rings is 1. The molecule has 0 spiro atoms. The standard InChI is InChI=1S/C23H30N4O3/c1-2-26-18-5-3-4-6-19(18)27(22(26)30)14-21(29)25-24-20(28)13-23-10-15-7-16(11-23)9-17(8-15)12-23/h3-6,15-17H,2,7-14H2,1H3,(H,24,28)(H,25,29). The Morgan fingerprint density at radius 1 is 0.933 bits per heavy atom. The van der Waals surface area contributed by atoms with E-state index in [2.05, 4.69) is 10.9 Å². The van der Waals surface area contributed by atoms with E-state index in [1.807, 2.05) is 31.2 Å². The van der Waals surface area contributed by atoms with Crippen LogP contribution in [0.1, 0.15) is 51.9 Å². The van der Waals surface area contributed by atoms with Crippen LogP contribution < -0.4 is 16.5 Å². The molecule has 4 aliphatic carbocycles. The van der Waals surface area contributed by atoms with Crippen LogP contribution in [-0.2, 0) is 22.7 Å². The quantitative estimate of drug-likeness (QED) is 0.743. The van der Waals surface area contributed by atoms with Gasteiger partial charge < -0.3 is 0 Å². The highest BCUT2D eigenvalue weighted by molar-refractivity contribution is 5.84. The first-order chi connectivity index (χ1) is 14.5. The molecular formula is C23H30N4O3. The number of amides is 2. The van der Waals surface area contributed by atoms with E-state index < -0.39 is 5.91 Å². The molecule has 4 aliphatic rings. The van der Waals surface area contributed by atoms with E-state index in [0.29, 0.717) is 13.0 Å². The van der Waals surface area contributed by atoms with Crippen molar-refractivity contribution in [3.8, 4) is 0 Å². The molecule has 0 radical (unpaired) electrons. The second kappa shape index (κ2) is 7.29. The molecule has 4 fully saturated rings. The minimum absolute atomic E-state index is 0.117. The van der Waals surface area contributed by atoms with Gasteiger partial charge in [0.25, 0.3) is 5.91 Å². The summed E-state index contributed by atoms with van der Waals surface area (Å²) in [6.07, 6.45) is 8.00. The second-order valence-electron chi connectivity index (χ2n) is 9.79. The number of imidazole rings is 1. The van der Waals surface area contributed by atoms with Crippen LogP contribution in [0.4, 0.5) is 0 Å². The minimum atomic E-state index is -0.394. The number of hydrogen-bond donors (Lipinski definition) is 2. The van der Waals surface area contributed by atoms with E-state index in [4.69, 9.17) is 0 Å². The van der Waals surface area contributed by atoms with Gasteiger partial charge in [-0.1, -0.05) is 12.1 Å². The number of hydrogen-bond acceptors (Lipinski definition) is 3. The van der Waals surface area contributed by atoms with Gasteiger partial charge in [0.2, 0.25) is 5.91 Å². The van der Waals surface area contributed by atoms with E-state index in [1.54, 1.807) is 4.57 Å². The van der Waals surface area contributed by atoms with Crippen molar-refractivity contribution in [1.82, 2.24) is 20.0 Å². The highest BCUT2D eigenvalue weighted by atomic mass is 16.2. The summed E-state index contributed by atoms with van der Waals surface area (Å²) in [4.78, 5) is 37.8. The Hall–Kier alpha value is -2.57. The summed E-state index contributed by atoms with van der Waals surface area (Å²) >= 11 is 0. The molecule has 0 atom stereocenters. The van der Waals surface area contributed by atoms with Crippen molar-refractivity contribution in [2.75, 3.05) is 0 Å². The first-order valence-corrected chi connectivity index (χ1v) is 11.2. The molecule has 2 aromatic rings. The zero-order chi connectivity index (χ0) is 20.9. The summed E-state index contributed by atoms with van der Waals surface area (Å²) in [6.45, 7) is 2.32. The van der Waals surface area contributed by atoms with Crippen molar-refractivity contribution in [2.45, 2.75) is 65.0 Å². The summed E-state index contributed by atoms with van der Waals surface area (Å²) < 4.78 is 3.10. The second-order valence-corrected chi connectivity index (χ2v) is 9.79. The average Bonchev–Trinajstić information content (AvgIpc) is 2.96. The van der Waals surface area contributed by atoms with Crippen LogP contribution in [0.5, 0.6) is 0 Å². The number of fused-ring (bicyclic) bond motifs is 1. The molecule has 7 nitrogen and oxygen atoms in total. The Labute approximate surface area is 175 Å². The lowest BCUT2D eigenvalue weighted by atomic mass is 9.49. The Kier molecular flexibility index (Phi) is 4.71. The van der Waals surface area contributed by atoms with Gasteiger partial charge in [-0.05, 0) is 80.8 Å². The molecular weight excluding hydrogens is 380 g/mol. The van der Waals surface area contributed by atoms with E-state index in [-0.39, 0.29) is 23.6 Å². The third kappa shape index (κ3) is 3.34. The predicted molar refractivity (Wildman–Crippen MR) is 113 cm³/mol. The van der Waals surface area contributed by atoms with Crippen LogP contribution in [-0.4, -0.2) is 20.9 Å². The number of carbonyl (C=O) groups excluding carboxylic acids is 2. The van der Waals surface area contributed by atoms with Gasteiger partial charge in [0.05, 0.1) is 11.0 Å². The molecule has 160 valence electrons. The third-order valence-electron chi connectivity index (χ3n) is 7.59. The fourth-order valence-corrected chi connectivity index (χ4v) is 6.94. The Morgan fingerprint density at radius 2 is 1.47 bits per heavy atom. The maximum Gasteiger partial charge on any atom is 0.329 e. The lowest BCUT2D eigenvalue weighted by molar-refractivity contribution is -0.134. The fourth-order valence-electron chi connectivity index (χ4n) is 6.94. The van der Waals surface area contributed by atoms with E-state index in [9.17, 15) is 14.4 Å². The van der Waals surface area contributed by atoms with Crippen LogP contribution in [0.25, 0.3) is 11.0 Å². The normalized spacial score (nSPS) is 29.3. The smallest absolute Gasteiger partial charge is 0.292 e. The van der Waals surface area contributed by atoms with Gasteiger partial charge in [0.15, 0.2) is 0 Å². The highest BCUT2D eigenvalue weighted by Gasteiger charge is 2.51. The summed E-state index contributed by atoms with van der Waals surface area (Å²) in [7, 11) is 0. The first-order valence-electron chi connectivity index (χ1n) is 11.2. The van der Waals surface area contributed by atoms with E-state index in [1.165, 1.54) is 23.8 Å². The molecule has 2 N–H and O–H groups in total. The van der Waals surface area contributed by atoms with Crippen molar-refractivity contribution in [3.63, 3.8) is 0 Å². The highest BCUT2D eigenvalue weighted by Crippen LogP contribution is 2.61. The van der Waals surface area contributed by atoms with Crippen LogP contribution in [0.2, 0.25) is 0 Å². The zero-order valence-electron chi connectivity index (χ0n) is 17.5. The molecule has 1 aromatic heterocycles. The SMILES string of the molecule is CCn1c(=O)n(CC(=O)NNC(=O)CC23CC4CC(CC(C4)C2)C3)c2ccccc21. The first kappa shape index (κ1) is 19.4. The number of carbonyl (C=O) groups is 2. The van der Waals surface area contributed by atoms with E-state index in [0.717, 1.165) is 48.0 Å². The Morgan fingerprint density at radius 3 is 2.03 bits per heavy atom. The van der Waals surface area contributed by atoms with Crippen molar-refractivity contribution >= 4 is 22.8 Å². The van der Waals surface area contributed by atoms with Gasteiger partial charge in [-0.15, -0.1) is 0 Å². The van der Waals surface area contributed by atoms with Crippen molar-refractivity contribution < 1.29 is 9.59 Å². The van der Waals surface area contributed by atoms with Crippen LogP contribution in [0, 0.1) is 23.2 Å². The van der Waals surface area contributed by atoms with Crippen LogP contribution in [0.15, 0.2) is 29.1 Å². The van der Waals surface area contributed by atoms with Gasteiger partial charge in [0, 0.05) is 13.0 Å². The van der Waals surface area contributed by atoms with Crippen molar-refractivity contribution in [1.29, 1.82) is 0 Å².